The zero-order chi connectivity index (χ0) is 16.8. The lowest BCUT2D eigenvalue weighted by Crippen LogP contribution is -2.35. The highest BCUT2D eigenvalue weighted by Gasteiger charge is 2.44. The molecule has 23 heavy (non-hydrogen) atoms. The summed E-state index contributed by atoms with van der Waals surface area (Å²) in [6.45, 7) is -0.532. The van der Waals surface area contributed by atoms with Gasteiger partial charge < -0.3 is 20.7 Å². The number of hydrogen-bond donors (Lipinski definition) is 4. The van der Waals surface area contributed by atoms with Crippen LogP contribution >= 0.6 is 0 Å². The molecule has 0 bridgehead atoms. The first-order valence-electron chi connectivity index (χ1n) is 6.53. The Morgan fingerprint density at radius 3 is 2.78 bits per heavy atom. The minimum atomic E-state index is -4.18. The Morgan fingerprint density at radius 1 is 1.35 bits per heavy atom. The highest BCUT2D eigenvalue weighted by Crippen LogP contribution is 2.32. The number of pyridine rings is 1. The van der Waals surface area contributed by atoms with Crippen molar-refractivity contribution in [2.75, 3.05) is 12.3 Å². The summed E-state index contributed by atoms with van der Waals surface area (Å²) in [4.78, 5) is 8.21. The van der Waals surface area contributed by atoms with E-state index < -0.39 is 41.5 Å². The molecule has 6 N–H and O–H groups in total. The monoisotopic (exact) mass is 345 g/mol. The van der Waals surface area contributed by atoms with Crippen LogP contribution in [0, 0.1) is 0 Å². The van der Waals surface area contributed by atoms with Gasteiger partial charge in [-0.25, -0.2) is 15.1 Å². The number of hydrogen-bond acceptors (Lipinski definition) is 9. The van der Waals surface area contributed by atoms with Crippen LogP contribution in [0.4, 0.5) is 5.69 Å². The summed E-state index contributed by atoms with van der Waals surface area (Å²) in [7, 11) is -4.18. The molecule has 2 aromatic heterocycles. The van der Waals surface area contributed by atoms with Gasteiger partial charge in [0, 0.05) is 6.20 Å². The largest absolute Gasteiger partial charge is 0.397 e. The summed E-state index contributed by atoms with van der Waals surface area (Å²) in [5.41, 5.74) is 6.96. The molecule has 126 valence electrons. The van der Waals surface area contributed by atoms with E-state index in [-0.39, 0.29) is 0 Å². The van der Waals surface area contributed by atoms with Gasteiger partial charge in [0.15, 0.2) is 11.9 Å². The zero-order valence-corrected chi connectivity index (χ0v) is 12.5. The molecule has 12 heteroatoms. The number of aliphatic hydroxyl groups is 2. The molecule has 4 atom stereocenters. The molecule has 3 heterocycles. The number of aromatic nitrogens is 3. The van der Waals surface area contributed by atoms with Gasteiger partial charge in [0.05, 0.1) is 18.6 Å². The van der Waals surface area contributed by atoms with Gasteiger partial charge in [-0.3, -0.25) is 8.75 Å². The third-order valence-electron chi connectivity index (χ3n) is 3.50. The van der Waals surface area contributed by atoms with Crippen molar-refractivity contribution in [3.05, 3.63) is 18.6 Å². The van der Waals surface area contributed by atoms with Crippen LogP contribution in [-0.4, -0.2) is 58.1 Å². The molecule has 3 rings (SSSR count). The van der Waals surface area contributed by atoms with Crippen molar-refractivity contribution >= 4 is 27.2 Å². The second kappa shape index (κ2) is 5.67. The van der Waals surface area contributed by atoms with Crippen molar-refractivity contribution in [3.63, 3.8) is 0 Å². The summed E-state index contributed by atoms with van der Waals surface area (Å²) < 4.78 is 32.9. The summed E-state index contributed by atoms with van der Waals surface area (Å²) in [5.74, 6) is 0. The second-order valence-corrected chi connectivity index (χ2v) is 6.27. The Labute approximate surface area is 130 Å². The minimum Gasteiger partial charge on any atom is -0.397 e. The Balaban J connectivity index is 1.86. The normalized spacial score (nSPS) is 28.5. The molecule has 0 amide bonds. The fourth-order valence-electron chi connectivity index (χ4n) is 2.40. The van der Waals surface area contributed by atoms with Crippen molar-refractivity contribution in [3.8, 4) is 0 Å². The third kappa shape index (κ3) is 2.99. The van der Waals surface area contributed by atoms with Crippen molar-refractivity contribution < 1.29 is 27.6 Å². The smallest absolute Gasteiger partial charge is 0.333 e. The van der Waals surface area contributed by atoms with E-state index in [0.29, 0.717) is 16.9 Å². The predicted molar refractivity (Wildman–Crippen MR) is 76.9 cm³/mol. The van der Waals surface area contributed by atoms with Crippen LogP contribution in [0.5, 0.6) is 0 Å². The van der Waals surface area contributed by atoms with Gasteiger partial charge in [0.25, 0.3) is 0 Å². The van der Waals surface area contributed by atoms with E-state index in [1.165, 1.54) is 17.1 Å². The maximum absolute atomic E-state index is 10.8. The molecule has 1 aliphatic heterocycles. The Morgan fingerprint density at radius 2 is 2.09 bits per heavy atom. The average molecular weight is 345 g/mol. The van der Waals surface area contributed by atoms with Crippen LogP contribution in [0.3, 0.4) is 0 Å². The number of nitrogens with zero attached hydrogens (tertiary/aromatic N) is 3. The number of fused-ring (bicyclic) bond motifs is 1. The van der Waals surface area contributed by atoms with Crippen molar-refractivity contribution in [1.29, 1.82) is 0 Å². The first-order chi connectivity index (χ1) is 10.8. The lowest BCUT2D eigenvalue weighted by Gasteiger charge is -2.16. The van der Waals surface area contributed by atoms with E-state index in [1.807, 2.05) is 0 Å². The molecule has 0 spiro atoms. The number of ether oxygens (including phenoxy) is 1. The molecule has 0 unspecified atom stereocenters. The molecule has 0 aliphatic carbocycles. The molecule has 0 saturated carbocycles. The van der Waals surface area contributed by atoms with E-state index in [0.717, 1.165) is 0 Å². The number of nitrogen functional groups attached to an aromatic ring is 1. The van der Waals surface area contributed by atoms with Gasteiger partial charge in [-0.05, 0) is 6.07 Å². The molecular weight excluding hydrogens is 330 g/mol. The number of aliphatic hydroxyl groups excluding tert-OH is 2. The maximum atomic E-state index is 10.8. The van der Waals surface area contributed by atoms with Gasteiger partial charge in [0.2, 0.25) is 0 Å². The van der Waals surface area contributed by atoms with Crippen molar-refractivity contribution in [1.82, 2.24) is 14.5 Å². The number of rotatable bonds is 4. The van der Waals surface area contributed by atoms with Gasteiger partial charge in [-0.1, -0.05) is 0 Å². The SMILES string of the molecule is Nc1ccnc2c1ncn2[C@@H]1O[C@H](COS(N)(=O)=O)[C@@H](O)[C@H]1O. The highest BCUT2D eigenvalue weighted by atomic mass is 32.2. The van der Waals surface area contributed by atoms with Crippen molar-refractivity contribution in [2.24, 2.45) is 5.14 Å². The van der Waals surface area contributed by atoms with Gasteiger partial charge in [0.1, 0.15) is 23.8 Å². The van der Waals surface area contributed by atoms with Crippen LogP contribution < -0.4 is 10.9 Å². The molecule has 1 saturated heterocycles. The lowest BCUT2D eigenvalue weighted by molar-refractivity contribution is -0.0467. The van der Waals surface area contributed by atoms with Gasteiger partial charge in [-0.2, -0.15) is 8.42 Å². The van der Waals surface area contributed by atoms with Gasteiger partial charge >= 0.3 is 10.3 Å². The third-order valence-corrected chi connectivity index (χ3v) is 3.96. The molecule has 1 aliphatic rings. The van der Waals surface area contributed by atoms with Crippen LogP contribution in [0.25, 0.3) is 11.2 Å². The zero-order valence-electron chi connectivity index (χ0n) is 11.7. The predicted octanol–water partition coefficient (Wildman–Crippen LogP) is -2.15. The van der Waals surface area contributed by atoms with E-state index in [9.17, 15) is 18.6 Å². The molecule has 0 radical (unpaired) electrons. The second-order valence-electron chi connectivity index (χ2n) is 5.05. The average Bonchev–Trinajstić information content (AvgIpc) is 3.01. The van der Waals surface area contributed by atoms with Crippen LogP contribution in [-0.2, 0) is 19.2 Å². The Hall–Kier alpha value is -1.83. The summed E-state index contributed by atoms with van der Waals surface area (Å²) in [6, 6.07) is 1.57. The maximum Gasteiger partial charge on any atom is 0.333 e. The van der Waals surface area contributed by atoms with Crippen LogP contribution in [0.15, 0.2) is 18.6 Å². The first-order valence-corrected chi connectivity index (χ1v) is 8.01. The fraction of sp³-hybridized carbons (Fsp3) is 0.455. The standard InChI is InChI=1S/C11H15N5O6S/c12-5-1-2-14-10-7(5)15-4-16(10)11-9(18)8(17)6(22-11)3-21-23(13,19)20/h1-2,4,6,8-9,11,17-18H,3H2,(H2,12,14)(H2,13,19,20)/t6-,8-,9-,11-/m1/s1. The lowest BCUT2D eigenvalue weighted by atomic mass is 10.1. The fourth-order valence-corrected chi connectivity index (χ4v) is 2.72. The highest BCUT2D eigenvalue weighted by molar-refractivity contribution is 7.84. The van der Waals surface area contributed by atoms with E-state index in [1.54, 1.807) is 6.07 Å². The van der Waals surface area contributed by atoms with E-state index in [2.05, 4.69) is 14.2 Å². The van der Waals surface area contributed by atoms with Crippen LogP contribution in [0.1, 0.15) is 6.23 Å². The van der Waals surface area contributed by atoms with Crippen molar-refractivity contribution in [2.45, 2.75) is 24.5 Å². The summed E-state index contributed by atoms with van der Waals surface area (Å²) in [6.07, 6.45) is -2.01. The topological polar surface area (TPSA) is 176 Å². The van der Waals surface area contributed by atoms with E-state index >= 15 is 0 Å². The van der Waals surface area contributed by atoms with E-state index in [4.69, 9.17) is 15.6 Å². The number of anilines is 1. The Bertz CT molecular complexity index is 823. The Kier molecular flexibility index (Phi) is 3.95. The quantitative estimate of drug-likeness (QED) is 0.481. The number of nitrogens with two attached hydrogens (primary N) is 2. The van der Waals surface area contributed by atoms with Crippen LogP contribution in [0.2, 0.25) is 0 Å². The molecule has 2 aromatic rings. The summed E-state index contributed by atoms with van der Waals surface area (Å²) >= 11 is 0. The minimum absolute atomic E-state index is 0.356. The molecular formula is C11H15N5O6S. The van der Waals surface area contributed by atoms with Gasteiger partial charge in [-0.15, -0.1) is 0 Å². The molecule has 1 fully saturated rings. The first kappa shape index (κ1) is 16.0. The number of imidazole rings is 1. The summed E-state index contributed by atoms with van der Waals surface area (Å²) in [5, 5.41) is 24.8. The molecule has 11 nitrogen and oxygen atoms in total. The molecule has 0 aromatic carbocycles.